The van der Waals surface area contributed by atoms with Crippen LogP contribution in [0.4, 0.5) is 5.13 Å². The lowest BCUT2D eigenvalue weighted by Gasteiger charge is -2.32. The van der Waals surface area contributed by atoms with Crippen LogP contribution in [0.5, 0.6) is 0 Å². The maximum atomic E-state index is 12.8. The van der Waals surface area contributed by atoms with Crippen LogP contribution in [-0.4, -0.2) is 53.3 Å². The van der Waals surface area contributed by atoms with Crippen LogP contribution in [0.3, 0.4) is 0 Å². The molecule has 0 saturated carbocycles. The number of nitrogens with one attached hydrogen (secondary N) is 1. The predicted molar refractivity (Wildman–Crippen MR) is 110 cm³/mol. The number of amides is 2. The van der Waals surface area contributed by atoms with E-state index < -0.39 is 0 Å². The Kier molecular flexibility index (Phi) is 5.73. The SMILES string of the molecule is CN1CCc2nc(NC(=O)C3CCCN(C(=O)Cc4ccccc4)C3)sc2C1. The molecule has 0 radical (unpaired) electrons. The third-order valence-electron chi connectivity index (χ3n) is 5.50. The summed E-state index contributed by atoms with van der Waals surface area (Å²) in [6, 6.07) is 9.77. The number of aromatic nitrogens is 1. The lowest BCUT2D eigenvalue weighted by molar-refractivity contribution is -0.133. The molecule has 7 heteroatoms. The van der Waals surface area contributed by atoms with Crippen LogP contribution < -0.4 is 5.32 Å². The molecule has 3 heterocycles. The van der Waals surface area contributed by atoms with Crippen molar-refractivity contribution in [3.63, 3.8) is 0 Å². The van der Waals surface area contributed by atoms with Crippen LogP contribution in [0.15, 0.2) is 30.3 Å². The Labute approximate surface area is 169 Å². The number of piperidine rings is 1. The molecule has 1 unspecified atom stereocenters. The first-order valence-electron chi connectivity index (χ1n) is 9.88. The molecule has 1 aromatic carbocycles. The van der Waals surface area contributed by atoms with Gasteiger partial charge >= 0.3 is 0 Å². The Morgan fingerprint density at radius 1 is 1.25 bits per heavy atom. The lowest BCUT2D eigenvalue weighted by atomic mass is 9.96. The van der Waals surface area contributed by atoms with Crippen molar-refractivity contribution in [2.45, 2.75) is 32.2 Å². The zero-order valence-electron chi connectivity index (χ0n) is 16.2. The Morgan fingerprint density at radius 2 is 2.07 bits per heavy atom. The van der Waals surface area contributed by atoms with Crippen molar-refractivity contribution in [1.29, 1.82) is 0 Å². The fourth-order valence-corrected chi connectivity index (χ4v) is 4.98. The molecule has 1 aromatic heterocycles. The van der Waals surface area contributed by atoms with Gasteiger partial charge in [0.25, 0.3) is 0 Å². The van der Waals surface area contributed by atoms with Crippen LogP contribution in [0, 0.1) is 5.92 Å². The van der Waals surface area contributed by atoms with E-state index in [1.807, 2.05) is 35.2 Å². The van der Waals surface area contributed by atoms with Crippen LogP contribution in [0.2, 0.25) is 0 Å². The summed E-state index contributed by atoms with van der Waals surface area (Å²) in [5.41, 5.74) is 2.12. The second kappa shape index (κ2) is 8.41. The maximum absolute atomic E-state index is 12.8. The highest BCUT2D eigenvalue weighted by molar-refractivity contribution is 7.15. The third kappa shape index (κ3) is 4.42. The van der Waals surface area contributed by atoms with Crippen molar-refractivity contribution in [2.24, 2.45) is 5.92 Å². The standard InChI is InChI=1S/C21H26N4O2S/c1-24-11-9-17-18(14-24)28-21(22-17)23-20(27)16-8-5-10-25(13-16)19(26)12-15-6-3-2-4-7-15/h2-4,6-7,16H,5,8-14H2,1H3,(H,22,23,27). The minimum atomic E-state index is -0.169. The molecule has 1 N–H and O–H groups in total. The summed E-state index contributed by atoms with van der Waals surface area (Å²) in [4.78, 5) is 35.4. The fourth-order valence-electron chi connectivity index (χ4n) is 3.88. The van der Waals surface area contributed by atoms with Gasteiger partial charge in [0.1, 0.15) is 0 Å². The van der Waals surface area contributed by atoms with E-state index in [-0.39, 0.29) is 17.7 Å². The largest absolute Gasteiger partial charge is 0.342 e. The van der Waals surface area contributed by atoms with Crippen molar-refractivity contribution in [1.82, 2.24) is 14.8 Å². The zero-order valence-corrected chi connectivity index (χ0v) is 17.0. The van der Waals surface area contributed by atoms with Gasteiger partial charge in [0.05, 0.1) is 18.0 Å². The van der Waals surface area contributed by atoms with E-state index in [1.54, 1.807) is 11.3 Å². The summed E-state index contributed by atoms with van der Waals surface area (Å²) >= 11 is 1.58. The van der Waals surface area contributed by atoms with Crippen LogP contribution in [0.25, 0.3) is 0 Å². The molecule has 1 fully saturated rings. The van der Waals surface area contributed by atoms with Gasteiger partial charge in [0, 0.05) is 37.5 Å². The normalized spacial score (nSPS) is 19.9. The first-order chi connectivity index (χ1) is 13.6. The van der Waals surface area contributed by atoms with E-state index in [0.29, 0.717) is 18.1 Å². The van der Waals surface area contributed by atoms with E-state index in [4.69, 9.17) is 0 Å². The Balaban J connectivity index is 1.35. The maximum Gasteiger partial charge on any atom is 0.231 e. The second-order valence-corrected chi connectivity index (χ2v) is 8.79. The Morgan fingerprint density at radius 3 is 2.89 bits per heavy atom. The van der Waals surface area contributed by atoms with E-state index in [9.17, 15) is 9.59 Å². The van der Waals surface area contributed by atoms with Crippen molar-refractivity contribution in [3.8, 4) is 0 Å². The molecule has 6 nitrogen and oxygen atoms in total. The zero-order chi connectivity index (χ0) is 19.5. The molecule has 2 aromatic rings. The fraction of sp³-hybridized carbons (Fsp3) is 0.476. The van der Waals surface area contributed by atoms with Crippen molar-refractivity contribution < 1.29 is 9.59 Å². The average molecular weight is 399 g/mol. The highest BCUT2D eigenvalue weighted by Gasteiger charge is 2.29. The number of nitrogens with zero attached hydrogens (tertiary/aromatic N) is 3. The highest BCUT2D eigenvalue weighted by atomic mass is 32.1. The van der Waals surface area contributed by atoms with Gasteiger partial charge in [-0.15, -0.1) is 11.3 Å². The summed E-state index contributed by atoms with van der Waals surface area (Å²) in [7, 11) is 2.10. The van der Waals surface area contributed by atoms with Crippen molar-refractivity contribution in [2.75, 3.05) is 32.0 Å². The van der Waals surface area contributed by atoms with Gasteiger partial charge in [0.15, 0.2) is 5.13 Å². The average Bonchev–Trinajstić information content (AvgIpc) is 3.10. The van der Waals surface area contributed by atoms with E-state index in [1.165, 1.54) is 4.88 Å². The summed E-state index contributed by atoms with van der Waals surface area (Å²) in [6.07, 6.45) is 3.00. The first kappa shape index (κ1) is 19.1. The van der Waals surface area contributed by atoms with Gasteiger partial charge in [-0.1, -0.05) is 30.3 Å². The molecule has 0 spiro atoms. The minimum Gasteiger partial charge on any atom is -0.342 e. The number of likely N-dealkylation sites (N-methyl/N-ethyl adjacent to an activating group) is 1. The smallest absolute Gasteiger partial charge is 0.231 e. The van der Waals surface area contributed by atoms with Gasteiger partial charge in [-0.2, -0.15) is 0 Å². The molecular weight excluding hydrogens is 372 g/mol. The Hall–Kier alpha value is -2.25. The van der Waals surface area contributed by atoms with Crippen LogP contribution in [0.1, 0.15) is 29.0 Å². The number of carbonyl (C=O) groups is 2. The predicted octanol–water partition coefficient (Wildman–Crippen LogP) is 2.55. The van der Waals surface area contributed by atoms with Gasteiger partial charge in [-0.3, -0.25) is 9.59 Å². The third-order valence-corrected chi connectivity index (χ3v) is 6.49. The number of thiazole rings is 1. The quantitative estimate of drug-likeness (QED) is 0.860. The molecule has 0 aliphatic carbocycles. The summed E-state index contributed by atoms with van der Waals surface area (Å²) in [5.74, 6) is -0.0924. The number of carbonyl (C=O) groups excluding carboxylic acids is 2. The van der Waals surface area contributed by atoms with Crippen LogP contribution in [-0.2, 0) is 29.0 Å². The van der Waals surface area contributed by atoms with Gasteiger partial charge in [0.2, 0.25) is 11.8 Å². The molecule has 4 rings (SSSR count). The number of hydrogen-bond donors (Lipinski definition) is 1. The molecule has 148 valence electrons. The molecule has 2 amide bonds. The number of rotatable bonds is 4. The molecule has 1 atom stereocenters. The lowest BCUT2D eigenvalue weighted by Crippen LogP contribution is -2.44. The number of fused-ring (bicyclic) bond motifs is 1. The molecule has 28 heavy (non-hydrogen) atoms. The Bertz CT molecular complexity index is 851. The number of hydrogen-bond acceptors (Lipinski definition) is 5. The highest BCUT2D eigenvalue weighted by Crippen LogP contribution is 2.28. The molecule has 1 saturated heterocycles. The number of anilines is 1. The van der Waals surface area contributed by atoms with E-state index in [0.717, 1.165) is 50.2 Å². The minimum absolute atomic E-state index is 0.0170. The van der Waals surface area contributed by atoms with E-state index >= 15 is 0 Å². The van der Waals surface area contributed by atoms with Gasteiger partial charge in [-0.05, 0) is 25.5 Å². The van der Waals surface area contributed by atoms with E-state index in [2.05, 4.69) is 22.2 Å². The van der Waals surface area contributed by atoms with Gasteiger partial charge in [-0.25, -0.2) is 4.98 Å². The first-order valence-corrected chi connectivity index (χ1v) is 10.7. The molecule has 2 aliphatic heterocycles. The topological polar surface area (TPSA) is 65.5 Å². The van der Waals surface area contributed by atoms with Crippen LogP contribution >= 0.6 is 11.3 Å². The second-order valence-electron chi connectivity index (χ2n) is 7.71. The molecule has 0 bridgehead atoms. The van der Waals surface area contributed by atoms with Crippen molar-refractivity contribution >= 4 is 28.3 Å². The van der Waals surface area contributed by atoms with Crippen molar-refractivity contribution in [3.05, 3.63) is 46.5 Å². The molecule has 2 aliphatic rings. The number of benzene rings is 1. The summed E-state index contributed by atoms with van der Waals surface area (Å²) < 4.78 is 0. The summed E-state index contributed by atoms with van der Waals surface area (Å²) in [5, 5.41) is 3.70. The monoisotopic (exact) mass is 398 g/mol. The summed E-state index contributed by atoms with van der Waals surface area (Å²) in [6.45, 7) is 3.12. The molecular formula is C21H26N4O2S. The van der Waals surface area contributed by atoms with Gasteiger partial charge < -0.3 is 15.1 Å². The number of likely N-dealkylation sites (tertiary alicyclic amines) is 1.